The van der Waals surface area contributed by atoms with E-state index in [1.165, 1.54) is 0 Å². The van der Waals surface area contributed by atoms with E-state index in [9.17, 15) is 14.0 Å². The normalized spacial score (nSPS) is 14.0. The highest BCUT2D eigenvalue weighted by Crippen LogP contribution is 2.10. The van der Waals surface area contributed by atoms with Crippen LogP contribution in [0, 0.1) is 0 Å². The zero-order chi connectivity index (χ0) is 9.78. The molecule has 0 aliphatic carbocycles. The molecule has 1 atom stereocenters. The van der Waals surface area contributed by atoms with Crippen LogP contribution in [0.4, 0.5) is 4.39 Å². The molecule has 78 valence electrons. The molecule has 0 aromatic heterocycles. The highest BCUT2D eigenvalue weighted by atomic mass is 35.5. The number of rotatable bonds is 5. The standard InChI is InChI=1S/C6H10FNO4.ClH/c7-3-6(8,5(11)12)2-1-4(9)10;/h1-3,8H2,(H,9,10)(H,11,12);1H/t6-;/m1./s1. The van der Waals surface area contributed by atoms with E-state index in [2.05, 4.69) is 0 Å². The first-order valence-electron chi connectivity index (χ1n) is 3.22. The summed E-state index contributed by atoms with van der Waals surface area (Å²) in [5.74, 6) is -2.72. The van der Waals surface area contributed by atoms with Crippen LogP contribution >= 0.6 is 12.4 Å². The summed E-state index contributed by atoms with van der Waals surface area (Å²) in [5, 5.41) is 16.6. The van der Waals surface area contributed by atoms with E-state index in [0.717, 1.165) is 0 Å². The van der Waals surface area contributed by atoms with Gasteiger partial charge < -0.3 is 15.9 Å². The Morgan fingerprint density at radius 1 is 1.38 bits per heavy atom. The van der Waals surface area contributed by atoms with Crippen molar-refractivity contribution in [1.82, 2.24) is 0 Å². The van der Waals surface area contributed by atoms with Crippen LogP contribution in [0.15, 0.2) is 0 Å². The van der Waals surface area contributed by atoms with Gasteiger partial charge in [-0.2, -0.15) is 0 Å². The summed E-state index contributed by atoms with van der Waals surface area (Å²) in [6.45, 7) is -1.27. The van der Waals surface area contributed by atoms with Crippen LogP contribution in [0.5, 0.6) is 0 Å². The second-order valence-corrected chi connectivity index (χ2v) is 2.49. The number of carboxylic acids is 2. The molecule has 0 fully saturated rings. The molecule has 0 aliphatic heterocycles. The topological polar surface area (TPSA) is 101 Å². The van der Waals surface area contributed by atoms with E-state index >= 15 is 0 Å². The van der Waals surface area contributed by atoms with Crippen LogP contribution in [0.25, 0.3) is 0 Å². The molecule has 7 heteroatoms. The molecule has 0 unspecified atom stereocenters. The fraction of sp³-hybridized carbons (Fsp3) is 0.667. The Morgan fingerprint density at radius 3 is 2.08 bits per heavy atom. The Hall–Kier alpha value is -0.880. The van der Waals surface area contributed by atoms with Crippen molar-refractivity contribution < 1.29 is 24.2 Å². The van der Waals surface area contributed by atoms with E-state index in [1.807, 2.05) is 0 Å². The lowest BCUT2D eigenvalue weighted by Crippen LogP contribution is -2.50. The summed E-state index contributed by atoms with van der Waals surface area (Å²) in [4.78, 5) is 20.3. The smallest absolute Gasteiger partial charge is 0.326 e. The van der Waals surface area contributed by atoms with Gasteiger partial charge in [0.1, 0.15) is 12.2 Å². The van der Waals surface area contributed by atoms with Crippen molar-refractivity contribution in [3.63, 3.8) is 0 Å². The van der Waals surface area contributed by atoms with Crippen molar-refractivity contribution in [2.75, 3.05) is 6.67 Å². The molecule has 0 aliphatic rings. The van der Waals surface area contributed by atoms with Crippen LogP contribution < -0.4 is 5.73 Å². The summed E-state index contributed by atoms with van der Waals surface area (Å²) in [6, 6.07) is 0. The summed E-state index contributed by atoms with van der Waals surface area (Å²) < 4.78 is 12.0. The molecule has 0 saturated heterocycles. The van der Waals surface area contributed by atoms with Crippen molar-refractivity contribution in [3.05, 3.63) is 0 Å². The second kappa shape index (κ2) is 5.71. The van der Waals surface area contributed by atoms with Gasteiger partial charge in [0.2, 0.25) is 0 Å². The van der Waals surface area contributed by atoms with E-state index in [-0.39, 0.29) is 12.4 Å². The van der Waals surface area contributed by atoms with Crippen molar-refractivity contribution in [2.45, 2.75) is 18.4 Å². The van der Waals surface area contributed by atoms with Crippen molar-refractivity contribution >= 4 is 24.3 Å². The Morgan fingerprint density at radius 2 is 1.85 bits per heavy atom. The number of aliphatic carboxylic acids is 2. The number of carbonyl (C=O) groups is 2. The summed E-state index contributed by atoms with van der Waals surface area (Å²) in [5.41, 5.74) is 2.99. The van der Waals surface area contributed by atoms with Gasteiger partial charge >= 0.3 is 11.9 Å². The van der Waals surface area contributed by atoms with E-state index in [4.69, 9.17) is 15.9 Å². The predicted molar refractivity (Wildman–Crippen MR) is 44.6 cm³/mol. The van der Waals surface area contributed by atoms with Gasteiger partial charge in [-0.25, -0.2) is 4.39 Å². The first-order valence-corrected chi connectivity index (χ1v) is 3.22. The maximum atomic E-state index is 12.0. The molecular weight excluding hydrogens is 205 g/mol. The van der Waals surface area contributed by atoms with Gasteiger partial charge in [-0.15, -0.1) is 12.4 Å². The molecule has 0 aromatic rings. The SMILES string of the molecule is Cl.N[C@@](CF)(CCC(=O)O)C(=O)O. The molecule has 0 bridgehead atoms. The zero-order valence-corrected chi connectivity index (χ0v) is 7.51. The molecule has 0 radical (unpaired) electrons. The molecule has 0 heterocycles. The molecule has 13 heavy (non-hydrogen) atoms. The minimum atomic E-state index is -2.06. The van der Waals surface area contributed by atoms with Gasteiger partial charge in [-0.05, 0) is 6.42 Å². The highest BCUT2D eigenvalue weighted by molar-refractivity contribution is 5.85. The number of nitrogens with two attached hydrogens (primary N) is 1. The third-order valence-electron chi connectivity index (χ3n) is 1.45. The Labute approximate surface area is 80.1 Å². The lowest BCUT2D eigenvalue weighted by Gasteiger charge is -2.19. The number of hydrogen-bond acceptors (Lipinski definition) is 3. The maximum absolute atomic E-state index is 12.0. The molecular formula is C6H11ClFNO4. The number of halogens is 2. The molecule has 0 amide bonds. The van der Waals surface area contributed by atoms with Crippen LogP contribution in [-0.2, 0) is 9.59 Å². The Kier molecular flexibility index (Phi) is 6.43. The van der Waals surface area contributed by atoms with Gasteiger partial charge in [0.25, 0.3) is 0 Å². The maximum Gasteiger partial charge on any atom is 0.326 e. The summed E-state index contributed by atoms with van der Waals surface area (Å²) in [7, 11) is 0. The lowest BCUT2D eigenvalue weighted by molar-refractivity contribution is -0.145. The molecule has 0 spiro atoms. The fourth-order valence-corrected chi connectivity index (χ4v) is 0.561. The molecule has 0 aromatic carbocycles. The zero-order valence-electron chi connectivity index (χ0n) is 6.70. The van der Waals surface area contributed by atoms with E-state index in [0.29, 0.717) is 0 Å². The quantitative estimate of drug-likeness (QED) is 0.601. The largest absolute Gasteiger partial charge is 0.481 e. The minimum absolute atomic E-state index is 0. The van der Waals surface area contributed by atoms with Crippen molar-refractivity contribution in [3.8, 4) is 0 Å². The van der Waals surface area contributed by atoms with Gasteiger partial charge in [0, 0.05) is 6.42 Å². The highest BCUT2D eigenvalue weighted by Gasteiger charge is 2.34. The minimum Gasteiger partial charge on any atom is -0.481 e. The first-order chi connectivity index (χ1) is 5.42. The van der Waals surface area contributed by atoms with Crippen LogP contribution in [0.3, 0.4) is 0 Å². The van der Waals surface area contributed by atoms with Crippen LogP contribution in [0.1, 0.15) is 12.8 Å². The monoisotopic (exact) mass is 215 g/mol. The van der Waals surface area contributed by atoms with Crippen molar-refractivity contribution in [1.29, 1.82) is 0 Å². The summed E-state index contributed by atoms with van der Waals surface area (Å²) >= 11 is 0. The first kappa shape index (κ1) is 14.6. The molecule has 0 rings (SSSR count). The lowest BCUT2D eigenvalue weighted by atomic mass is 9.97. The van der Waals surface area contributed by atoms with Gasteiger partial charge in [-0.3, -0.25) is 9.59 Å². The summed E-state index contributed by atoms with van der Waals surface area (Å²) in [6.07, 6.45) is -0.860. The molecule has 4 N–H and O–H groups in total. The number of hydrogen-bond donors (Lipinski definition) is 3. The van der Waals surface area contributed by atoms with Gasteiger partial charge in [0.05, 0.1) is 0 Å². The Balaban J connectivity index is 0. The van der Waals surface area contributed by atoms with Crippen LogP contribution in [0.2, 0.25) is 0 Å². The molecule has 0 saturated carbocycles. The number of carboxylic acid groups (broad SMARTS) is 2. The third-order valence-corrected chi connectivity index (χ3v) is 1.45. The average molecular weight is 216 g/mol. The van der Waals surface area contributed by atoms with Crippen molar-refractivity contribution in [2.24, 2.45) is 5.73 Å². The molecule has 5 nitrogen and oxygen atoms in total. The second-order valence-electron chi connectivity index (χ2n) is 2.49. The Bertz CT molecular complexity index is 201. The van der Waals surface area contributed by atoms with Gasteiger partial charge in [0.15, 0.2) is 0 Å². The van der Waals surface area contributed by atoms with E-state index in [1.54, 1.807) is 0 Å². The van der Waals surface area contributed by atoms with Gasteiger partial charge in [-0.1, -0.05) is 0 Å². The predicted octanol–water partition coefficient (Wildman–Crippen LogP) is 0.0246. The number of alkyl halides is 1. The average Bonchev–Trinajstić information content (AvgIpc) is 1.99. The van der Waals surface area contributed by atoms with E-state index < -0.39 is 37.0 Å². The van der Waals surface area contributed by atoms with Crippen LogP contribution in [-0.4, -0.2) is 34.4 Å². The third kappa shape index (κ3) is 4.64. The fourth-order valence-electron chi connectivity index (χ4n) is 0.561.